The summed E-state index contributed by atoms with van der Waals surface area (Å²) in [5.74, 6) is -1.40. The maximum atomic E-state index is 13.6. The zero-order chi connectivity index (χ0) is 27.1. The second kappa shape index (κ2) is 9.83. The van der Waals surface area contributed by atoms with Gasteiger partial charge < -0.3 is 10.2 Å². The van der Waals surface area contributed by atoms with Gasteiger partial charge in [-0.2, -0.15) is 26.3 Å². The van der Waals surface area contributed by atoms with Crippen molar-refractivity contribution < 1.29 is 35.9 Å². The Balaban J connectivity index is 1.66. The van der Waals surface area contributed by atoms with Gasteiger partial charge in [0.15, 0.2) is 0 Å². The van der Waals surface area contributed by atoms with Gasteiger partial charge in [0.05, 0.1) is 28.9 Å². The lowest BCUT2D eigenvalue weighted by Crippen LogP contribution is -2.50. The lowest BCUT2D eigenvalue weighted by atomic mass is 10.00. The lowest BCUT2D eigenvalue weighted by Gasteiger charge is -2.30. The van der Waals surface area contributed by atoms with Crippen LogP contribution in [0, 0.1) is 5.92 Å². The molecule has 5 nitrogen and oxygen atoms in total. The number of nitrogens with one attached hydrogen (secondary N) is 1. The van der Waals surface area contributed by atoms with Crippen LogP contribution < -0.4 is 10.2 Å². The third kappa shape index (κ3) is 5.65. The Morgan fingerprint density at radius 3 is 2.35 bits per heavy atom. The number of hydrogen-bond donors (Lipinski definition) is 1. The molecule has 1 heterocycles. The number of nitrogens with zero attached hydrogens (tertiary/aromatic N) is 2. The van der Waals surface area contributed by atoms with Gasteiger partial charge in [-0.3, -0.25) is 14.6 Å². The van der Waals surface area contributed by atoms with Gasteiger partial charge in [0.2, 0.25) is 12.1 Å². The minimum absolute atomic E-state index is 0.00985. The van der Waals surface area contributed by atoms with E-state index in [0.29, 0.717) is 30.0 Å². The van der Waals surface area contributed by atoms with Gasteiger partial charge in [-0.1, -0.05) is 31.2 Å². The van der Waals surface area contributed by atoms with E-state index in [1.54, 1.807) is 17.0 Å². The summed E-state index contributed by atoms with van der Waals surface area (Å²) in [6.07, 6.45) is -10.0. The molecule has 2 amide bonds. The first kappa shape index (κ1) is 26.7. The number of amides is 2. The molecule has 1 N–H and O–H groups in total. The van der Waals surface area contributed by atoms with Gasteiger partial charge in [-0.05, 0) is 49.9 Å². The first-order chi connectivity index (χ1) is 17.3. The Morgan fingerprint density at radius 2 is 1.76 bits per heavy atom. The van der Waals surface area contributed by atoms with Gasteiger partial charge in [0, 0.05) is 17.5 Å². The number of hydrogen-bond acceptors (Lipinski definition) is 3. The van der Waals surface area contributed by atoms with Crippen LogP contribution in [-0.2, 0) is 28.4 Å². The van der Waals surface area contributed by atoms with Crippen LogP contribution in [0.5, 0.6) is 0 Å². The van der Waals surface area contributed by atoms with Crippen molar-refractivity contribution in [1.82, 2.24) is 5.32 Å². The molecule has 11 heteroatoms. The maximum Gasteiger partial charge on any atom is 0.416 e. The van der Waals surface area contributed by atoms with E-state index in [4.69, 9.17) is 0 Å². The quantitative estimate of drug-likeness (QED) is 0.488. The number of benzodiazepines with no additional fused rings is 1. The predicted molar refractivity (Wildman–Crippen MR) is 125 cm³/mol. The number of para-hydroxylation sites is 1. The number of benzene rings is 2. The molecule has 4 rings (SSSR count). The summed E-state index contributed by atoms with van der Waals surface area (Å²) in [6.45, 7) is 3.73. The number of carbonyl (C=O) groups excluding carboxylic acids is 2. The summed E-state index contributed by atoms with van der Waals surface area (Å²) in [4.78, 5) is 32.5. The Hall–Kier alpha value is -3.37. The Kier molecular flexibility index (Phi) is 7.09. The molecule has 0 spiro atoms. The van der Waals surface area contributed by atoms with Gasteiger partial charge in [0.25, 0.3) is 5.91 Å². The predicted octanol–water partition coefficient (Wildman–Crippen LogP) is 5.75. The number of fused-ring (bicyclic) bond motifs is 1. The Morgan fingerprint density at radius 1 is 1.08 bits per heavy atom. The molecule has 0 saturated heterocycles. The summed E-state index contributed by atoms with van der Waals surface area (Å²) < 4.78 is 79.6. The van der Waals surface area contributed by atoms with E-state index in [1.807, 2.05) is 26.0 Å². The van der Waals surface area contributed by atoms with Gasteiger partial charge >= 0.3 is 12.4 Å². The highest BCUT2D eigenvalue weighted by atomic mass is 19.4. The van der Waals surface area contributed by atoms with Crippen molar-refractivity contribution in [3.63, 3.8) is 0 Å². The van der Waals surface area contributed by atoms with Crippen LogP contribution >= 0.6 is 0 Å². The SMILES string of the molecule is CC[C@H](C)N1C(=O)[C@@H](NC(=O)Cc2ccc(C(F)(F)F)cc2C(F)(F)F)N=C(C2CC2)c2ccccc21. The average molecular weight is 525 g/mol. The number of carbonyl (C=O) groups is 2. The van der Waals surface area contributed by atoms with E-state index in [1.165, 1.54) is 0 Å². The highest BCUT2D eigenvalue weighted by Crippen LogP contribution is 2.39. The highest BCUT2D eigenvalue weighted by molar-refractivity contribution is 6.14. The van der Waals surface area contributed by atoms with E-state index >= 15 is 0 Å². The average Bonchev–Trinajstić information content (AvgIpc) is 3.66. The molecule has 1 aliphatic carbocycles. The van der Waals surface area contributed by atoms with E-state index < -0.39 is 53.4 Å². The molecule has 2 aromatic carbocycles. The standard InChI is InChI=1S/C26H25F6N3O2/c1-3-14(2)35-20-7-5-4-6-18(20)22(15-8-9-15)34-23(24(35)37)33-21(36)12-16-10-11-17(25(27,28)29)13-19(16)26(30,31)32/h4-7,10-11,13-15,23H,3,8-9,12H2,1-2H3,(H,33,36)/t14-,23-/m0/s1. The first-order valence-electron chi connectivity index (χ1n) is 11.9. The lowest BCUT2D eigenvalue weighted by molar-refractivity contribution is -0.143. The molecule has 0 unspecified atom stereocenters. The van der Waals surface area contributed by atoms with Crippen LogP contribution in [0.15, 0.2) is 47.5 Å². The Labute approximate surface area is 209 Å². The fourth-order valence-corrected chi connectivity index (χ4v) is 4.38. The van der Waals surface area contributed by atoms with Crippen molar-refractivity contribution in [1.29, 1.82) is 0 Å². The topological polar surface area (TPSA) is 61.8 Å². The molecule has 0 aromatic heterocycles. The van der Waals surface area contributed by atoms with Crippen molar-refractivity contribution in [3.05, 3.63) is 64.7 Å². The van der Waals surface area contributed by atoms with Crippen molar-refractivity contribution in [2.75, 3.05) is 4.90 Å². The van der Waals surface area contributed by atoms with Gasteiger partial charge in [-0.25, -0.2) is 0 Å². The monoisotopic (exact) mass is 525 g/mol. The summed E-state index contributed by atoms with van der Waals surface area (Å²) in [5, 5.41) is 2.43. The van der Waals surface area contributed by atoms with E-state index in [0.717, 1.165) is 18.4 Å². The molecular weight excluding hydrogens is 500 g/mol. The zero-order valence-electron chi connectivity index (χ0n) is 20.1. The van der Waals surface area contributed by atoms with Crippen molar-refractivity contribution in [2.24, 2.45) is 10.9 Å². The van der Waals surface area contributed by atoms with Gasteiger partial charge in [-0.15, -0.1) is 0 Å². The van der Waals surface area contributed by atoms with Crippen molar-refractivity contribution in [2.45, 2.75) is 64.1 Å². The van der Waals surface area contributed by atoms with Crippen LogP contribution in [0.2, 0.25) is 0 Å². The van der Waals surface area contributed by atoms with Crippen LogP contribution in [-0.4, -0.2) is 29.7 Å². The minimum atomic E-state index is -5.11. The molecule has 2 aromatic rings. The summed E-state index contributed by atoms with van der Waals surface area (Å²) >= 11 is 0. The van der Waals surface area contributed by atoms with Crippen molar-refractivity contribution >= 4 is 23.2 Å². The number of rotatable bonds is 6. The van der Waals surface area contributed by atoms with E-state index in [9.17, 15) is 35.9 Å². The second-order valence-electron chi connectivity index (χ2n) is 9.29. The molecular formula is C26H25F6N3O2. The second-order valence-corrected chi connectivity index (χ2v) is 9.29. The molecule has 2 aliphatic rings. The molecule has 1 fully saturated rings. The number of anilines is 1. The van der Waals surface area contributed by atoms with E-state index in [-0.39, 0.29) is 18.0 Å². The van der Waals surface area contributed by atoms with Gasteiger partial charge in [0.1, 0.15) is 0 Å². The molecule has 1 aliphatic heterocycles. The maximum absolute atomic E-state index is 13.6. The minimum Gasteiger partial charge on any atom is -0.326 e. The molecule has 0 radical (unpaired) electrons. The zero-order valence-corrected chi connectivity index (χ0v) is 20.1. The fourth-order valence-electron chi connectivity index (χ4n) is 4.38. The molecule has 198 valence electrons. The number of alkyl halides is 6. The molecule has 0 bridgehead atoms. The third-order valence-electron chi connectivity index (χ3n) is 6.57. The largest absolute Gasteiger partial charge is 0.416 e. The van der Waals surface area contributed by atoms with Crippen LogP contribution in [0.25, 0.3) is 0 Å². The molecule has 37 heavy (non-hydrogen) atoms. The fraction of sp³-hybridized carbons (Fsp3) is 0.423. The molecule has 2 atom stereocenters. The number of aliphatic imine (C=N–C) groups is 1. The van der Waals surface area contributed by atoms with Crippen LogP contribution in [0.1, 0.15) is 55.4 Å². The van der Waals surface area contributed by atoms with Crippen molar-refractivity contribution in [3.8, 4) is 0 Å². The number of halogens is 6. The van der Waals surface area contributed by atoms with Crippen LogP contribution in [0.3, 0.4) is 0 Å². The van der Waals surface area contributed by atoms with E-state index in [2.05, 4.69) is 10.3 Å². The normalized spacial score (nSPS) is 19.1. The summed E-state index contributed by atoms with van der Waals surface area (Å²) in [6, 6.07) is 8.11. The van der Waals surface area contributed by atoms with Crippen LogP contribution in [0.4, 0.5) is 32.0 Å². The summed E-state index contributed by atoms with van der Waals surface area (Å²) in [7, 11) is 0. The summed E-state index contributed by atoms with van der Waals surface area (Å²) in [5.41, 5.74) is -1.61. The first-order valence-corrected chi connectivity index (χ1v) is 11.9. The smallest absolute Gasteiger partial charge is 0.326 e. The Bertz CT molecular complexity index is 1230. The molecule has 1 saturated carbocycles. The highest BCUT2D eigenvalue weighted by Gasteiger charge is 2.40. The third-order valence-corrected chi connectivity index (χ3v) is 6.57.